The number of rotatable bonds is 5. The van der Waals surface area contributed by atoms with Crippen LogP contribution in [0.5, 0.6) is 0 Å². The zero-order valence-corrected chi connectivity index (χ0v) is 9.69. The fraction of sp³-hybridized carbons (Fsp3) is 1.00. The molecule has 1 heteroatoms. The van der Waals surface area contributed by atoms with Gasteiger partial charge in [0.05, 0.1) is 0 Å². The number of hydrogen-bond acceptors (Lipinski definition) is 1. The van der Waals surface area contributed by atoms with E-state index >= 15 is 0 Å². The Morgan fingerprint density at radius 3 is 2.08 bits per heavy atom. The van der Waals surface area contributed by atoms with E-state index in [1.807, 2.05) is 0 Å². The summed E-state index contributed by atoms with van der Waals surface area (Å²) in [6, 6.07) is 0. The van der Waals surface area contributed by atoms with Gasteiger partial charge in [-0.2, -0.15) is 0 Å². The first-order valence-electron chi connectivity index (χ1n) is 5.79. The fourth-order valence-corrected chi connectivity index (χ4v) is 2.60. The molecule has 0 aliphatic carbocycles. The van der Waals surface area contributed by atoms with E-state index in [1.165, 1.54) is 32.4 Å². The van der Waals surface area contributed by atoms with Crippen LogP contribution >= 0.6 is 0 Å². The molecular formula is C12H25N. The summed E-state index contributed by atoms with van der Waals surface area (Å²) in [6.45, 7) is 11.9. The van der Waals surface area contributed by atoms with E-state index < -0.39 is 0 Å². The molecule has 1 heterocycles. The summed E-state index contributed by atoms with van der Waals surface area (Å²) in [7, 11) is 0. The first-order chi connectivity index (χ1) is 6.08. The lowest BCUT2D eigenvalue weighted by Gasteiger charge is -2.45. The molecule has 1 nitrogen and oxygen atoms in total. The van der Waals surface area contributed by atoms with Gasteiger partial charge in [0, 0.05) is 13.1 Å². The Morgan fingerprint density at radius 1 is 1.15 bits per heavy atom. The van der Waals surface area contributed by atoms with Crippen molar-refractivity contribution >= 4 is 0 Å². The molecule has 1 N–H and O–H groups in total. The van der Waals surface area contributed by atoms with Crippen LogP contribution in [-0.4, -0.2) is 13.1 Å². The van der Waals surface area contributed by atoms with Crippen LogP contribution < -0.4 is 5.32 Å². The van der Waals surface area contributed by atoms with Crippen LogP contribution in [0.4, 0.5) is 0 Å². The van der Waals surface area contributed by atoms with Gasteiger partial charge in [0.1, 0.15) is 0 Å². The summed E-state index contributed by atoms with van der Waals surface area (Å²) in [5, 5.41) is 3.44. The quantitative estimate of drug-likeness (QED) is 0.691. The second kappa shape index (κ2) is 4.45. The van der Waals surface area contributed by atoms with E-state index in [9.17, 15) is 0 Å². The lowest BCUT2D eigenvalue weighted by molar-refractivity contribution is 0.0960. The first-order valence-corrected chi connectivity index (χ1v) is 5.79. The van der Waals surface area contributed by atoms with Crippen molar-refractivity contribution in [1.29, 1.82) is 0 Å². The molecule has 1 unspecified atom stereocenters. The predicted octanol–water partition coefficient (Wildman–Crippen LogP) is 3.06. The molecule has 1 aliphatic rings. The van der Waals surface area contributed by atoms with Crippen molar-refractivity contribution in [2.24, 2.45) is 17.3 Å². The Morgan fingerprint density at radius 2 is 1.77 bits per heavy atom. The summed E-state index contributed by atoms with van der Waals surface area (Å²) < 4.78 is 0. The molecule has 78 valence electrons. The van der Waals surface area contributed by atoms with Crippen molar-refractivity contribution in [2.75, 3.05) is 13.1 Å². The monoisotopic (exact) mass is 183 g/mol. The zero-order chi connectivity index (χ0) is 9.90. The Balaban J connectivity index is 2.40. The highest BCUT2D eigenvalue weighted by molar-refractivity contribution is 4.93. The van der Waals surface area contributed by atoms with Crippen LogP contribution in [0.2, 0.25) is 0 Å². The van der Waals surface area contributed by atoms with Gasteiger partial charge in [-0.05, 0) is 30.1 Å². The maximum atomic E-state index is 3.44. The SMILES string of the molecule is CCC(C)CC1(CC(C)C)CNC1. The van der Waals surface area contributed by atoms with Crippen LogP contribution in [0, 0.1) is 17.3 Å². The van der Waals surface area contributed by atoms with Crippen molar-refractivity contribution in [1.82, 2.24) is 5.32 Å². The van der Waals surface area contributed by atoms with Gasteiger partial charge in [-0.25, -0.2) is 0 Å². The van der Waals surface area contributed by atoms with Gasteiger partial charge in [0.15, 0.2) is 0 Å². The predicted molar refractivity (Wildman–Crippen MR) is 58.8 cm³/mol. The Hall–Kier alpha value is -0.0400. The van der Waals surface area contributed by atoms with Gasteiger partial charge in [-0.1, -0.05) is 34.1 Å². The molecule has 1 rings (SSSR count). The first kappa shape index (κ1) is 11.0. The molecule has 0 aromatic carbocycles. The van der Waals surface area contributed by atoms with Crippen molar-refractivity contribution in [3.05, 3.63) is 0 Å². The third kappa shape index (κ3) is 2.98. The molecule has 0 aromatic heterocycles. The van der Waals surface area contributed by atoms with Crippen LogP contribution in [0.3, 0.4) is 0 Å². The normalized spacial score (nSPS) is 22.8. The van der Waals surface area contributed by atoms with E-state index in [2.05, 4.69) is 33.0 Å². The topological polar surface area (TPSA) is 12.0 Å². The average molecular weight is 183 g/mol. The van der Waals surface area contributed by atoms with Crippen LogP contribution in [-0.2, 0) is 0 Å². The molecule has 1 saturated heterocycles. The number of nitrogens with one attached hydrogen (secondary N) is 1. The van der Waals surface area contributed by atoms with Gasteiger partial charge in [0.2, 0.25) is 0 Å². The smallest absolute Gasteiger partial charge is 0.00204 e. The minimum Gasteiger partial charge on any atom is -0.316 e. The molecule has 13 heavy (non-hydrogen) atoms. The van der Waals surface area contributed by atoms with E-state index in [-0.39, 0.29) is 0 Å². The van der Waals surface area contributed by atoms with Gasteiger partial charge in [0.25, 0.3) is 0 Å². The highest BCUT2D eigenvalue weighted by Crippen LogP contribution is 2.37. The second-order valence-corrected chi connectivity index (χ2v) is 5.42. The molecule has 0 spiro atoms. The molecule has 0 amide bonds. The van der Waals surface area contributed by atoms with Crippen molar-refractivity contribution in [3.63, 3.8) is 0 Å². The van der Waals surface area contributed by atoms with Crippen LogP contribution in [0.15, 0.2) is 0 Å². The maximum absolute atomic E-state index is 3.44. The fourth-order valence-electron chi connectivity index (χ4n) is 2.60. The highest BCUT2D eigenvalue weighted by atomic mass is 15.0. The summed E-state index contributed by atoms with van der Waals surface area (Å²) in [5.41, 5.74) is 0.656. The highest BCUT2D eigenvalue weighted by Gasteiger charge is 2.37. The van der Waals surface area contributed by atoms with Gasteiger partial charge >= 0.3 is 0 Å². The molecule has 0 radical (unpaired) electrons. The molecule has 0 bridgehead atoms. The van der Waals surface area contributed by atoms with Crippen LogP contribution in [0.25, 0.3) is 0 Å². The van der Waals surface area contributed by atoms with Gasteiger partial charge in [-0.15, -0.1) is 0 Å². The Kier molecular flexibility index (Phi) is 3.78. The van der Waals surface area contributed by atoms with Crippen molar-refractivity contribution in [3.8, 4) is 0 Å². The van der Waals surface area contributed by atoms with Gasteiger partial charge in [-0.3, -0.25) is 0 Å². The van der Waals surface area contributed by atoms with Crippen molar-refractivity contribution < 1.29 is 0 Å². The second-order valence-electron chi connectivity index (χ2n) is 5.42. The summed E-state index contributed by atoms with van der Waals surface area (Å²) in [4.78, 5) is 0. The number of hydrogen-bond donors (Lipinski definition) is 1. The molecule has 1 fully saturated rings. The Bertz CT molecular complexity index is 147. The molecule has 0 aromatic rings. The van der Waals surface area contributed by atoms with Crippen LogP contribution in [0.1, 0.15) is 47.0 Å². The third-order valence-corrected chi connectivity index (χ3v) is 3.32. The molecule has 1 atom stereocenters. The molecular weight excluding hydrogens is 158 g/mol. The third-order valence-electron chi connectivity index (χ3n) is 3.32. The maximum Gasteiger partial charge on any atom is 0.00204 e. The minimum atomic E-state index is 0.656. The summed E-state index contributed by atoms with van der Waals surface area (Å²) >= 11 is 0. The van der Waals surface area contributed by atoms with E-state index in [0.29, 0.717) is 5.41 Å². The lowest BCUT2D eigenvalue weighted by Crippen LogP contribution is -2.54. The molecule has 1 aliphatic heterocycles. The largest absolute Gasteiger partial charge is 0.316 e. The Labute approximate surface area is 83.3 Å². The van der Waals surface area contributed by atoms with Crippen molar-refractivity contribution in [2.45, 2.75) is 47.0 Å². The lowest BCUT2D eigenvalue weighted by atomic mass is 9.69. The van der Waals surface area contributed by atoms with E-state index in [4.69, 9.17) is 0 Å². The minimum absolute atomic E-state index is 0.656. The summed E-state index contributed by atoms with van der Waals surface area (Å²) in [5.74, 6) is 1.76. The summed E-state index contributed by atoms with van der Waals surface area (Å²) in [6.07, 6.45) is 4.17. The average Bonchev–Trinajstić information content (AvgIpc) is 1.99. The van der Waals surface area contributed by atoms with E-state index in [1.54, 1.807) is 0 Å². The zero-order valence-electron chi connectivity index (χ0n) is 9.69. The van der Waals surface area contributed by atoms with E-state index in [0.717, 1.165) is 11.8 Å². The molecule has 0 saturated carbocycles. The standard InChI is InChI=1S/C12H25N/c1-5-11(4)7-12(6-10(2)3)8-13-9-12/h10-11,13H,5-9H2,1-4H3. The van der Waals surface area contributed by atoms with Gasteiger partial charge < -0.3 is 5.32 Å².